The van der Waals surface area contributed by atoms with Crippen molar-refractivity contribution in [3.8, 4) is 16.2 Å². The molecule has 77 heavy (non-hydrogen) atoms. The van der Waals surface area contributed by atoms with Crippen LogP contribution in [0.2, 0.25) is 0 Å². The fourth-order valence-corrected chi connectivity index (χ4v) is 13.4. The number of aryl methyl sites for hydroxylation is 1. The summed E-state index contributed by atoms with van der Waals surface area (Å²) in [6.07, 6.45) is 7.39. The van der Waals surface area contributed by atoms with Crippen LogP contribution in [0.5, 0.6) is 5.75 Å². The van der Waals surface area contributed by atoms with Gasteiger partial charge in [0.1, 0.15) is 24.4 Å². The number of nitrogens with one attached hydrogen (secondary N) is 2. The first-order valence-corrected chi connectivity index (χ1v) is 29.2. The highest BCUT2D eigenvalue weighted by Crippen LogP contribution is 2.43. The van der Waals surface area contributed by atoms with Crippen molar-refractivity contribution in [2.45, 2.75) is 146 Å². The molecule has 2 aliphatic carbocycles. The molecule has 3 aromatic heterocycles. The second kappa shape index (κ2) is 22.1. The van der Waals surface area contributed by atoms with Crippen LogP contribution in [0, 0.1) is 12.3 Å². The number of hydrogen-bond donors (Lipinski definition) is 3. The zero-order valence-electron chi connectivity index (χ0n) is 44.4. The Balaban J connectivity index is 0.798. The molecule has 5 aliphatic rings. The number of β-amino-alcohol motifs (C(OH)–C–C–N with tert-alkyl or cyclic N) is 1. The SMILES string of the molecule is Cc1ncsc1-c1ccc([C@H](COCCN2CCC(c3cc4c(cc3OC[C@@H]3CCCO3)n3c5cccc(Br)c5c(=O)nc3n4C3CCCC3)CC2)NC(=O)[C@@H]2C[C@@H](O)CN2C(=O)[C@@H](NC(=O)C2(F)CC2)C(C)(C)C)cc1. The molecular weight excluding hydrogens is 1070 g/mol. The third kappa shape index (κ3) is 11.1. The van der Waals surface area contributed by atoms with Crippen molar-refractivity contribution >= 4 is 72.7 Å². The van der Waals surface area contributed by atoms with E-state index < -0.39 is 53.0 Å². The molecule has 5 atom stereocenters. The largest absolute Gasteiger partial charge is 0.491 e. The highest BCUT2D eigenvalue weighted by molar-refractivity contribution is 9.10. The highest BCUT2D eigenvalue weighted by Gasteiger charge is 2.53. The second-order valence-electron chi connectivity index (χ2n) is 23.1. The molecule has 3 N–H and O–H groups in total. The molecule has 0 radical (unpaired) electrons. The zero-order chi connectivity index (χ0) is 53.8. The zero-order valence-corrected chi connectivity index (χ0v) is 46.8. The first-order chi connectivity index (χ1) is 37.0. The number of imidazole rings is 1. The van der Waals surface area contributed by atoms with Crippen molar-refractivity contribution in [1.29, 1.82) is 0 Å². The molecule has 3 aromatic carbocycles. The van der Waals surface area contributed by atoms with Gasteiger partial charge in [-0.2, -0.15) is 4.98 Å². The standard InChI is InChI=1S/C58H70BrFN8O8S/c1-34-50(77-33-61-34)37-16-14-36(15-17-37)43(62-52(70)47-27-39(69)30-66(47)54(72)51(57(2,3)4)63-55(73)58(60)20-21-58)32-74-26-24-65-22-18-35(19-23-65)41-28-45-46(29-48(41)76-31-40-11-8-25-75-40)68-44-13-7-12-42(59)49(44)53(71)64-56(68)67(45)38-9-5-6-10-38/h7,12-17,28-29,33,35,38-40,43,47,51,69H,5-6,8-11,18-27,30-32H2,1-4H3,(H,62,70)(H,63,73)/t39-,40+,43+,47+,51-/m1/s1. The van der Waals surface area contributed by atoms with Crippen LogP contribution in [0.1, 0.15) is 126 Å². The normalized spacial score (nSPS) is 22.1. The van der Waals surface area contributed by atoms with Gasteiger partial charge in [-0.25, -0.2) is 9.37 Å². The number of nitrogens with zero attached hydrogens (tertiary/aromatic N) is 6. The number of aromatic nitrogens is 4. The molecular formula is C58H70BrFN8O8S. The smallest absolute Gasteiger partial charge is 0.283 e. The number of likely N-dealkylation sites (tertiary alicyclic amines) is 2. The molecule has 6 heterocycles. The number of amides is 3. The van der Waals surface area contributed by atoms with Crippen LogP contribution in [0.25, 0.3) is 38.2 Å². The van der Waals surface area contributed by atoms with Crippen LogP contribution in [-0.2, 0) is 23.9 Å². The summed E-state index contributed by atoms with van der Waals surface area (Å²) in [7, 11) is 0. The molecule has 19 heteroatoms. The van der Waals surface area contributed by atoms with Gasteiger partial charge in [-0.3, -0.25) is 23.6 Å². The summed E-state index contributed by atoms with van der Waals surface area (Å²) < 4.78 is 39.3. The number of hydrogen-bond acceptors (Lipinski definition) is 12. The summed E-state index contributed by atoms with van der Waals surface area (Å²) in [5.41, 5.74) is 5.53. The molecule has 2 saturated carbocycles. The number of alkyl halides is 1. The lowest BCUT2D eigenvalue weighted by molar-refractivity contribution is -0.145. The first-order valence-electron chi connectivity index (χ1n) is 27.6. The minimum absolute atomic E-state index is 0.0107. The van der Waals surface area contributed by atoms with Crippen molar-refractivity contribution in [3.05, 3.63) is 91.8 Å². The van der Waals surface area contributed by atoms with E-state index in [0.717, 1.165) is 125 Å². The van der Waals surface area contributed by atoms with E-state index in [-0.39, 0.29) is 56.0 Å². The Labute approximate surface area is 460 Å². The fraction of sp³-hybridized carbons (Fsp3) is 0.552. The molecule has 0 bridgehead atoms. The summed E-state index contributed by atoms with van der Waals surface area (Å²) in [5, 5.41) is 17.3. The Hall–Kier alpha value is -5.31. The number of fused-ring (bicyclic) bond motifs is 5. The number of carbonyl (C=O) groups is 3. The fourth-order valence-electron chi connectivity index (χ4n) is 12.1. The number of thiazole rings is 1. The van der Waals surface area contributed by atoms with Gasteiger partial charge in [-0.15, -0.1) is 11.3 Å². The summed E-state index contributed by atoms with van der Waals surface area (Å²) >= 11 is 5.20. The maximum Gasteiger partial charge on any atom is 0.283 e. The lowest BCUT2D eigenvalue weighted by Gasteiger charge is -2.36. The molecule has 3 saturated heterocycles. The number of aliphatic hydroxyl groups excluding tert-OH is 1. The molecule has 6 aromatic rings. The minimum atomic E-state index is -1.99. The van der Waals surface area contributed by atoms with Gasteiger partial charge in [0.05, 0.1) is 69.5 Å². The van der Waals surface area contributed by atoms with Crippen molar-refractivity contribution in [3.63, 3.8) is 0 Å². The molecule has 0 spiro atoms. The minimum Gasteiger partial charge on any atom is -0.491 e. The van der Waals surface area contributed by atoms with Crippen molar-refractivity contribution in [2.75, 3.05) is 52.6 Å². The van der Waals surface area contributed by atoms with E-state index in [1.807, 2.05) is 54.9 Å². The van der Waals surface area contributed by atoms with Crippen LogP contribution in [0.15, 0.2) is 69.4 Å². The average Bonchev–Trinajstić information content (AvgIpc) is 4.09. The van der Waals surface area contributed by atoms with E-state index in [2.05, 4.69) is 57.5 Å². The van der Waals surface area contributed by atoms with Gasteiger partial charge in [-0.1, -0.05) is 63.9 Å². The van der Waals surface area contributed by atoms with Gasteiger partial charge in [0.15, 0.2) is 5.67 Å². The third-order valence-corrected chi connectivity index (χ3v) is 18.3. The summed E-state index contributed by atoms with van der Waals surface area (Å²) in [5.74, 6) is -0.0993. The summed E-state index contributed by atoms with van der Waals surface area (Å²) in [6.45, 7) is 11.3. The highest BCUT2D eigenvalue weighted by atomic mass is 79.9. The van der Waals surface area contributed by atoms with Crippen LogP contribution < -0.4 is 20.9 Å². The maximum atomic E-state index is 14.9. The third-order valence-electron chi connectivity index (χ3n) is 16.7. The summed E-state index contributed by atoms with van der Waals surface area (Å²) in [4.78, 5) is 69.3. The number of aliphatic hydroxyl groups is 1. The van der Waals surface area contributed by atoms with Crippen LogP contribution in [-0.4, -0.2) is 134 Å². The molecule has 3 aliphatic heterocycles. The average molecular weight is 1140 g/mol. The lowest BCUT2D eigenvalue weighted by atomic mass is 9.85. The number of carbonyl (C=O) groups excluding carboxylic acids is 3. The molecule has 3 amide bonds. The van der Waals surface area contributed by atoms with E-state index in [4.69, 9.17) is 19.2 Å². The molecule has 16 nitrogen and oxygen atoms in total. The molecule has 0 unspecified atom stereocenters. The predicted octanol–water partition coefficient (Wildman–Crippen LogP) is 8.72. The second-order valence-corrected chi connectivity index (χ2v) is 24.8. The Morgan fingerprint density at radius 1 is 0.987 bits per heavy atom. The van der Waals surface area contributed by atoms with Gasteiger partial charge in [0.2, 0.25) is 17.6 Å². The summed E-state index contributed by atoms with van der Waals surface area (Å²) in [6, 6.07) is 15.8. The number of rotatable bonds is 17. The van der Waals surface area contributed by atoms with Gasteiger partial charge >= 0.3 is 0 Å². The predicted molar refractivity (Wildman–Crippen MR) is 297 cm³/mol. The number of halogens is 2. The monoisotopic (exact) mass is 1140 g/mol. The number of benzene rings is 3. The van der Waals surface area contributed by atoms with E-state index >= 15 is 0 Å². The quantitative estimate of drug-likeness (QED) is 0.0744. The first kappa shape index (κ1) is 53.7. The Morgan fingerprint density at radius 3 is 2.44 bits per heavy atom. The van der Waals surface area contributed by atoms with Gasteiger partial charge < -0.3 is 44.3 Å². The lowest BCUT2D eigenvalue weighted by Crippen LogP contribution is -2.59. The van der Waals surface area contributed by atoms with Gasteiger partial charge in [0, 0.05) is 42.7 Å². The van der Waals surface area contributed by atoms with Crippen LogP contribution >= 0.6 is 27.3 Å². The van der Waals surface area contributed by atoms with Crippen molar-refractivity contribution in [1.82, 2.24) is 39.4 Å². The maximum absolute atomic E-state index is 14.9. The van der Waals surface area contributed by atoms with Crippen molar-refractivity contribution < 1.29 is 38.1 Å². The molecule has 11 rings (SSSR count). The topological polar surface area (TPSA) is 182 Å². The van der Waals surface area contributed by atoms with Gasteiger partial charge in [0.25, 0.3) is 11.5 Å². The van der Waals surface area contributed by atoms with Crippen molar-refractivity contribution in [2.24, 2.45) is 5.41 Å². The van der Waals surface area contributed by atoms with E-state index in [1.165, 1.54) is 4.90 Å². The Bertz CT molecular complexity index is 3220. The van der Waals surface area contributed by atoms with Gasteiger partial charge in [-0.05, 0) is 134 Å². The number of piperidine rings is 1. The molecule has 5 fully saturated rings. The Kier molecular flexibility index (Phi) is 15.4. The van der Waals surface area contributed by atoms with Crippen LogP contribution in [0.4, 0.5) is 4.39 Å². The van der Waals surface area contributed by atoms with E-state index in [0.29, 0.717) is 30.9 Å². The van der Waals surface area contributed by atoms with E-state index in [9.17, 15) is 28.7 Å². The number of ether oxygens (including phenoxy) is 3. The Morgan fingerprint density at radius 2 is 1.75 bits per heavy atom. The molecule has 410 valence electrons. The van der Waals surface area contributed by atoms with E-state index in [1.54, 1.807) is 32.1 Å². The van der Waals surface area contributed by atoms with Crippen LogP contribution in [0.3, 0.4) is 0 Å².